The first kappa shape index (κ1) is 26.5. The normalized spacial score (nSPS) is 11.5. The smallest absolute Gasteiger partial charge is 0.271 e. The number of anilines is 1. The van der Waals surface area contributed by atoms with Crippen molar-refractivity contribution < 1.29 is 17.9 Å². The van der Waals surface area contributed by atoms with Gasteiger partial charge in [0, 0.05) is 11.1 Å². The van der Waals surface area contributed by atoms with Crippen LogP contribution in [0.15, 0.2) is 83.8 Å². The summed E-state index contributed by atoms with van der Waals surface area (Å²) in [4.78, 5) is 13.3. The van der Waals surface area contributed by atoms with Crippen LogP contribution in [0.2, 0.25) is 5.02 Å². The van der Waals surface area contributed by atoms with Crippen molar-refractivity contribution in [1.29, 1.82) is 0 Å². The summed E-state index contributed by atoms with van der Waals surface area (Å²) in [6.45, 7) is 4.78. The van der Waals surface area contributed by atoms with Crippen molar-refractivity contribution in [2.75, 3.05) is 10.9 Å². The van der Waals surface area contributed by atoms with E-state index in [0.29, 0.717) is 11.6 Å². The highest BCUT2D eigenvalue weighted by Gasteiger charge is 2.29. The van der Waals surface area contributed by atoms with E-state index < -0.39 is 15.9 Å². The van der Waals surface area contributed by atoms with E-state index in [1.54, 1.807) is 18.2 Å². The van der Waals surface area contributed by atoms with Gasteiger partial charge in [-0.2, -0.15) is 4.31 Å². The number of benzene rings is 3. The van der Waals surface area contributed by atoms with Gasteiger partial charge >= 0.3 is 0 Å². The number of ether oxygens (including phenoxy) is 1. The average Bonchev–Trinajstić information content (AvgIpc) is 2.86. The van der Waals surface area contributed by atoms with Crippen molar-refractivity contribution in [1.82, 2.24) is 0 Å². The Balaban J connectivity index is 1.92. The number of halogens is 1. The summed E-state index contributed by atoms with van der Waals surface area (Å²) in [6, 6.07) is 20.1. The number of hydrogen-bond donors (Lipinski definition) is 0. The Hall–Kier alpha value is -3.09. The van der Waals surface area contributed by atoms with Crippen LogP contribution in [0.4, 0.5) is 5.69 Å². The first-order valence-corrected chi connectivity index (χ1v) is 13.5. The lowest BCUT2D eigenvalue weighted by Gasteiger charge is -2.22. The molecule has 0 fully saturated rings. The van der Waals surface area contributed by atoms with Gasteiger partial charge in [0.2, 0.25) is 0 Å². The molecule has 5 nitrogen and oxygen atoms in total. The molecule has 0 heterocycles. The molecule has 0 aromatic heterocycles. The Bertz CT molecular complexity index is 1240. The van der Waals surface area contributed by atoms with Gasteiger partial charge in [-0.25, -0.2) is 8.42 Å². The second-order valence-electron chi connectivity index (χ2n) is 8.08. The van der Waals surface area contributed by atoms with Crippen molar-refractivity contribution in [3.05, 3.63) is 95.0 Å². The maximum Gasteiger partial charge on any atom is 0.271 e. The van der Waals surface area contributed by atoms with Gasteiger partial charge in [-0.1, -0.05) is 56.1 Å². The number of aryl methyl sites for hydroxylation is 1. The molecule has 0 aliphatic rings. The van der Waals surface area contributed by atoms with Gasteiger partial charge in [-0.05, 0) is 85.0 Å². The predicted octanol–water partition coefficient (Wildman–Crippen LogP) is 6.91. The van der Waals surface area contributed by atoms with Gasteiger partial charge in [0.25, 0.3) is 15.9 Å². The van der Waals surface area contributed by atoms with Crippen molar-refractivity contribution in [2.24, 2.45) is 0 Å². The SMILES string of the molecule is CCCCc1ccc(N(C(=O)/C=C/c2ccc(OCCC)cc2)S(=O)(=O)c2ccc(Cl)cc2)cc1. The number of hydrogen-bond acceptors (Lipinski definition) is 4. The van der Waals surface area contributed by atoms with Gasteiger partial charge in [0.05, 0.1) is 17.2 Å². The number of amides is 1. The van der Waals surface area contributed by atoms with Crippen molar-refractivity contribution >= 4 is 39.3 Å². The molecule has 7 heteroatoms. The molecule has 184 valence electrons. The fourth-order valence-corrected chi connectivity index (χ4v) is 4.92. The highest BCUT2D eigenvalue weighted by Crippen LogP contribution is 2.26. The zero-order chi connectivity index (χ0) is 25.3. The van der Waals surface area contributed by atoms with E-state index in [-0.39, 0.29) is 10.6 Å². The number of unbranched alkanes of at least 4 members (excludes halogenated alkanes) is 1. The minimum Gasteiger partial charge on any atom is -0.494 e. The molecule has 3 aromatic rings. The molecule has 3 aromatic carbocycles. The van der Waals surface area contributed by atoms with Gasteiger partial charge < -0.3 is 4.74 Å². The molecule has 1 amide bonds. The minimum absolute atomic E-state index is 0.0175. The molecular weight excluding hydrogens is 482 g/mol. The molecule has 0 aliphatic heterocycles. The van der Waals surface area contributed by atoms with Crippen LogP contribution in [0, 0.1) is 0 Å². The van der Waals surface area contributed by atoms with E-state index in [0.717, 1.165) is 46.9 Å². The molecule has 3 rings (SSSR count). The summed E-state index contributed by atoms with van der Waals surface area (Å²) < 4.78 is 33.4. The number of carbonyl (C=O) groups excluding carboxylic acids is 1. The van der Waals surface area contributed by atoms with Crippen molar-refractivity contribution in [3.63, 3.8) is 0 Å². The third-order valence-corrected chi connectivity index (χ3v) is 7.30. The first-order chi connectivity index (χ1) is 16.8. The lowest BCUT2D eigenvalue weighted by molar-refractivity contribution is -0.113. The first-order valence-electron chi connectivity index (χ1n) is 11.7. The molecule has 0 N–H and O–H groups in total. The zero-order valence-electron chi connectivity index (χ0n) is 20.0. The minimum atomic E-state index is -4.17. The molecule has 35 heavy (non-hydrogen) atoms. The van der Waals surface area contributed by atoms with Crippen molar-refractivity contribution in [2.45, 2.75) is 44.4 Å². The Labute approximate surface area is 213 Å². The predicted molar refractivity (Wildman–Crippen MR) is 142 cm³/mol. The third kappa shape index (κ3) is 7.20. The summed E-state index contributed by atoms with van der Waals surface area (Å²) >= 11 is 5.94. The molecule has 0 saturated heterocycles. The van der Waals surface area contributed by atoms with Crippen LogP contribution in [-0.4, -0.2) is 20.9 Å². The standard InChI is InChI=1S/C28H30ClNO4S/c1-3-5-6-22-7-14-25(15-8-22)30(35(32,33)27-18-12-24(29)13-19-27)28(31)20-11-23-9-16-26(17-10-23)34-21-4-2/h7-20H,3-6,21H2,1-2H3/b20-11+. The highest BCUT2D eigenvalue weighted by atomic mass is 35.5. The van der Waals surface area contributed by atoms with Gasteiger partial charge in [0.15, 0.2) is 0 Å². The zero-order valence-corrected chi connectivity index (χ0v) is 21.6. The van der Waals surface area contributed by atoms with Gasteiger partial charge in [-0.3, -0.25) is 4.79 Å². The fourth-order valence-electron chi connectivity index (χ4n) is 3.41. The van der Waals surface area contributed by atoms with Crippen LogP contribution in [0.3, 0.4) is 0 Å². The van der Waals surface area contributed by atoms with E-state index in [4.69, 9.17) is 16.3 Å². The number of carbonyl (C=O) groups is 1. The molecule has 0 saturated carbocycles. The molecular formula is C28H30ClNO4S. The molecule has 0 unspecified atom stereocenters. The maximum atomic E-state index is 13.5. The molecule has 0 spiro atoms. The van der Waals surface area contributed by atoms with E-state index in [1.165, 1.54) is 30.3 Å². The van der Waals surface area contributed by atoms with Crippen LogP contribution in [0.5, 0.6) is 5.75 Å². The second kappa shape index (κ2) is 12.6. The Kier molecular flexibility index (Phi) is 9.52. The topological polar surface area (TPSA) is 63.7 Å². The summed E-state index contributed by atoms with van der Waals surface area (Å²) in [6.07, 6.45) is 6.76. The maximum absolute atomic E-state index is 13.5. The Morgan fingerprint density at radius 2 is 1.57 bits per heavy atom. The van der Waals surface area contributed by atoms with Crippen LogP contribution < -0.4 is 9.04 Å². The summed E-state index contributed by atoms with van der Waals surface area (Å²) in [5.41, 5.74) is 2.12. The molecule has 0 aliphatic carbocycles. The van der Waals surface area contributed by atoms with E-state index in [9.17, 15) is 13.2 Å². The van der Waals surface area contributed by atoms with E-state index >= 15 is 0 Å². The van der Waals surface area contributed by atoms with E-state index in [2.05, 4.69) is 6.92 Å². The molecule has 0 bridgehead atoms. The Morgan fingerprint density at radius 3 is 2.17 bits per heavy atom. The number of rotatable bonds is 11. The monoisotopic (exact) mass is 511 g/mol. The summed E-state index contributed by atoms with van der Waals surface area (Å²) in [5.74, 6) is 0.0676. The lowest BCUT2D eigenvalue weighted by atomic mass is 10.1. The molecule has 0 radical (unpaired) electrons. The number of sulfonamides is 1. The van der Waals surface area contributed by atoms with Crippen LogP contribution in [0.1, 0.15) is 44.2 Å². The number of nitrogens with zero attached hydrogens (tertiary/aromatic N) is 1. The Morgan fingerprint density at radius 1 is 0.914 bits per heavy atom. The summed E-state index contributed by atoms with van der Waals surface area (Å²) in [7, 11) is -4.17. The highest BCUT2D eigenvalue weighted by molar-refractivity contribution is 7.93. The van der Waals surface area contributed by atoms with Crippen LogP contribution in [0.25, 0.3) is 6.08 Å². The van der Waals surface area contributed by atoms with Gasteiger partial charge in [0.1, 0.15) is 5.75 Å². The van der Waals surface area contributed by atoms with Crippen molar-refractivity contribution in [3.8, 4) is 5.75 Å². The summed E-state index contributed by atoms with van der Waals surface area (Å²) in [5, 5.41) is 0.411. The second-order valence-corrected chi connectivity index (χ2v) is 10.3. The van der Waals surface area contributed by atoms with E-state index in [1.807, 2.05) is 43.3 Å². The fraction of sp³-hybridized carbons (Fsp3) is 0.250. The third-order valence-electron chi connectivity index (χ3n) is 5.31. The largest absolute Gasteiger partial charge is 0.494 e. The quantitative estimate of drug-likeness (QED) is 0.262. The molecule has 0 atom stereocenters. The van der Waals surface area contributed by atoms with Crippen LogP contribution >= 0.6 is 11.6 Å². The average molecular weight is 512 g/mol. The lowest BCUT2D eigenvalue weighted by Crippen LogP contribution is -2.35. The van der Waals surface area contributed by atoms with Gasteiger partial charge in [-0.15, -0.1) is 0 Å². The van der Waals surface area contributed by atoms with Crippen LogP contribution in [-0.2, 0) is 21.2 Å².